The molecule has 0 unspecified atom stereocenters. The molecule has 0 fully saturated rings. The summed E-state index contributed by atoms with van der Waals surface area (Å²) in [5.74, 6) is 0. The highest BCUT2D eigenvalue weighted by Gasteiger charge is 2.26. The minimum absolute atomic E-state index is 0.788. The van der Waals surface area contributed by atoms with E-state index in [2.05, 4.69) is 96.8 Å². The number of benzene rings is 3. The Hall–Kier alpha value is -2.51. The average molecular weight is 355 g/mol. The van der Waals surface area contributed by atoms with Crippen LogP contribution in [0, 0.1) is 0 Å². The third-order valence-electron chi connectivity index (χ3n) is 5.53. The van der Waals surface area contributed by atoms with E-state index in [9.17, 15) is 0 Å². The van der Waals surface area contributed by atoms with E-state index in [1.54, 1.807) is 0 Å². The van der Waals surface area contributed by atoms with E-state index in [0.717, 1.165) is 6.42 Å². The molecule has 0 amide bonds. The van der Waals surface area contributed by atoms with Gasteiger partial charge in [-0.15, -0.1) is 0 Å². The van der Waals surface area contributed by atoms with Crippen molar-refractivity contribution in [2.45, 2.75) is 6.42 Å². The second-order valence-electron chi connectivity index (χ2n) is 7.52. The van der Waals surface area contributed by atoms with Gasteiger partial charge >= 0.3 is 0 Å². The zero-order valence-corrected chi connectivity index (χ0v) is 16.0. The maximum absolute atomic E-state index is 2.44. The van der Waals surface area contributed by atoms with Crippen molar-refractivity contribution in [2.24, 2.45) is 0 Å². The third-order valence-corrected chi connectivity index (χ3v) is 7.89. The first kappa shape index (κ1) is 15.7. The molecule has 1 aliphatic heterocycles. The summed E-state index contributed by atoms with van der Waals surface area (Å²) in [4.78, 5) is 1.54. The lowest BCUT2D eigenvalue weighted by Crippen LogP contribution is -1.96. The van der Waals surface area contributed by atoms with Gasteiger partial charge in [0, 0.05) is 0 Å². The lowest BCUT2D eigenvalue weighted by molar-refractivity contribution is 1.24. The van der Waals surface area contributed by atoms with Gasteiger partial charge in [0.15, 0.2) is 0 Å². The van der Waals surface area contributed by atoms with Crippen LogP contribution in [-0.4, -0.2) is 12.5 Å². The Labute approximate surface area is 156 Å². The first-order valence-electron chi connectivity index (χ1n) is 9.06. The van der Waals surface area contributed by atoms with Gasteiger partial charge < -0.3 is 0 Å². The average Bonchev–Trinajstić information content (AvgIpc) is 3.23. The van der Waals surface area contributed by atoms with Crippen molar-refractivity contribution in [3.8, 4) is 11.1 Å². The maximum atomic E-state index is 2.44. The zero-order chi connectivity index (χ0) is 17.7. The minimum atomic E-state index is -0.788. The SMILES string of the molecule is CS1(C)C=CC=C1C1=Cc2c(cccc2-c2cccc3ccccc23)C1. The van der Waals surface area contributed by atoms with Gasteiger partial charge in [0.1, 0.15) is 0 Å². The summed E-state index contributed by atoms with van der Waals surface area (Å²) < 4.78 is 0. The van der Waals surface area contributed by atoms with Gasteiger partial charge in [-0.3, -0.25) is 0 Å². The Bertz CT molecular complexity index is 1120. The smallest absolute Gasteiger partial charge is 0.000874 e. The summed E-state index contributed by atoms with van der Waals surface area (Å²) in [7, 11) is -0.788. The molecular formula is C25H22S. The van der Waals surface area contributed by atoms with Crippen molar-refractivity contribution < 1.29 is 0 Å². The van der Waals surface area contributed by atoms with Crippen LogP contribution in [-0.2, 0) is 6.42 Å². The van der Waals surface area contributed by atoms with Crippen LogP contribution in [0.1, 0.15) is 11.1 Å². The van der Waals surface area contributed by atoms with Gasteiger partial charge in [0.25, 0.3) is 0 Å². The molecule has 0 saturated carbocycles. The first-order valence-corrected chi connectivity index (χ1v) is 11.6. The molecule has 0 N–H and O–H groups in total. The predicted molar refractivity (Wildman–Crippen MR) is 118 cm³/mol. The van der Waals surface area contributed by atoms with Crippen LogP contribution < -0.4 is 0 Å². The fourth-order valence-corrected chi connectivity index (χ4v) is 6.09. The summed E-state index contributed by atoms with van der Waals surface area (Å²) in [6.07, 6.45) is 12.8. The van der Waals surface area contributed by atoms with Gasteiger partial charge in [-0.1, -0.05) is 66.7 Å². The van der Waals surface area contributed by atoms with Crippen LogP contribution in [0.5, 0.6) is 0 Å². The quantitative estimate of drug-likeness (QED) is 0.468. The molecule has 0 bridgehead atoms. The second kappa shape index (κ2) is 5.75. The number of hydrogen-bond donors (Lipinski definition) is 0. The van der Waals surface area contributed by atoms with E-state index >= 15 is 0 Å². The fraction of sp³-hybridized carbons (Fsp3) is 0.120. The Kier molecular flexibility index (Phi) is 3.48. The number of allylic oxidation sites excluding steroid dienone is 3. The number of fused-ring (bicyclic) bond motifs is 2. The van der Waals surface area contributed by atoms with Crippen LogP contribution in [0.15, 0.2) is 88.7 Å². The summed E-state index contributed by atoms with van der Waals surface area (Å²) in [6.45, 7) is 0. The molecule has 5 rings (SSSR count). The highest BCUT2D eigenvalue weighted by molar-refractivity contribution is 8.38. The molecule has 26 heavy (non-hydrogen) atoms. The molecule has 0 spiro atoms. The molecule has 0 atom stereocenters. The third kappa shape index (κ3) is 2.39. The normalized spacial score (nSPS) is 18.5. The molecule has 1 aliphatic carbocycles. The maximum Gasteiger partial charge on any atom is -0.000874 e. The molecule has 128 valence electrons. The molecule has 3 aromatic rings. The molecular weight excluding hydrogens is 332 g/mol. The van der Waals surface area contributed by atoms with Crippen molar-refractivity contribution in [1.29, 1.82) is 0 Å². The van der Waals surface area contributed by atoms with Crippen molar-refractivity contribution in [3.63, 3.8) is 0 Å². The second-order valence-corrected chi connectivity index (χ2v) is 11.0. The van der Waals surface area contributed by atoms with E-state index in [0.29, 0.717) is 0 Å². The van der Waals surface area contributed by atoms with E-state index in [-0.39, 0.29) is 0 Å². The zero-order valence-electron chi connectivity index (χ0n) is 15.2. The molecule has 0 aromatic heterocycles. The lowest BCUT2D eigenvalue weighted by Gasteiger charge is -2.28. The van der Waals surface area contributed by atoms with Crippen LogP contribution in [0.2, 0.25) is 0 Å². The fourth-order valence-electron chi connectivity index (χ4n) is 4.24. The van der Waals surface area contributed by atoms with E-state index in [1.807, 2.05) is 0 Å². The molecule has 0 saturated heterocycles. The Balaban J connectivity index is 1.68. The largest absolute Gasteiger partial charge is 0.200 e. The van der Waals surface area contributed by atoms with E-state index in [4.69, 9.17) is 0 Å². The Morgan fingerprint density at radius 1 is 0.808 bits per heavy atom. The van der Waals surface area contributed by atoms with Crippen LogP contribution in [0.25, 0.3) is 28.0 Å². The van der Waals surface area contributed by atoms with Crippen molar-refractivity contribution in [3.05, 3.63) is 99.8 Å². The van der Waals surface area contributed by atoms with Crippen LogP contribution in [0.4, 0.5) is 0 Å². The monoisotopic (exact) mass is 354 g/mol. The molecule has 2 aliphatic rings. The molecule has 1 heterocycles. The van der Waals surface area contributed by atoms with Gasteiger partial charge in [-0.2, -0.15) is 10.0 Å². The van der Waals surface area contributed by atoms with E-state index < -0.39 is 10.0 Å². The Morgan fingerprint density at radius 3 is 2.42 bits per heavy atom. The lowest BCUT2D eigenvalue weighted by atomic mass is 9.93. The van der Waals surface area contributed by atoms with Crippen LogP contribution >= 0.6 is 10.0 Å². The summed E-state index contributed by atoms with van der Waals surface area (Å²) in [5.41, 5.74) is 7.05. The van der Waals surface area contributed by atoms with Gasteiger partial charge in [0.05, 0.1) is 0 Å². The van der Waals surface area contributed by atoms with Crippen molar-refractivity contribution in [2.75, 3.05) is 12.5 Å². The van der Waals surface area contributed by atoms with Crippen molar-refractivity contribution >= 4 is 26.9 Å². The predicted octanol–water partition coefficient (Wildman–Crippen LogP) is 6.92. The number of hydrogen-bond acceptors (Lipinski definition) is 0. The standard InChI is InChI=1S/C25H22S/c1-26(2)15-7-14-25(26)20-16-19-10-6-13-23(24(19)17-20)22-12-5-9-18-8-3-4-11-21(18)22/h3-15,17H,16H2,1-2H3. The van der Waals surface area contributed by atoms with Gasteiger partial charge in [0.2, 0.25) is 0 Å². The summed E-state index contributed by atoms with van der Waals surface area (Å²) >= 11 is 0. The first-order chi connectivity index (χ1) is 12.6. The summed E-state index contributed by atoms with van der Waals surface area (Å²) in [5, 5.41) is 5.02. The minimum Gasteiger partial charge on any atom is -0.200 e. The van der Waals surface area contributed by atoms with Crippen LogP contribution in [0.3, 0.4) is 0 Å². The molecule has 1 heteroatoms. The topological polar surface area (TPSA) is 0 Å². The Morgan fingerprint density at radius 2 is 1.58 bits per heavy atom. The van der Waals surface area contributed by atoms with Gasteiger partial charge in [-0.05, 0) is 80.0 Å². The summed E-state index contributed by atoms with van der Waals surface area (Å²) in [6, 6.07) is 22.1. The highest BCUT2D eigenvalue weighted by Crippen LogP contribution is 2.58. The molecule has 3 aromatic carbocycles. The number of rotatable bonds is 2. The van der Waals surface area contributed by atoms with Gasteiger partial charge in [-0.25, -0.2) is 0 Å². The van der Waals surface area contributed by atoms with Crippen molar-refractivity contribution in [1.82, 2.24) is 0 Å². The van der Waals surface area contributed by atoms with E-state index in [1.165, 1.54) is 43.5 Å². The molecule has 0 nitrogen and oxygen atoms in total. The molecule has 0 radical (unpaired) electrons. The highest BCUT2D eigenvalue weighted by atomic mass is 32.3.